The van der Waals surface area contributed by atoms with Crippen molar-refractivity contribution in [3.05, 3.63) is 74.4 Å². The topological polar surface area (TPSA) is 73.1 Å². The second-order valence-electron chi connectivity index (χ2n) is 6.30. The minimum atomic E-state index is -0.480. The van der Waals surface area contributed by atoms with Crippen LogP contribution in [0, 0.1) is 13.8 Å². The van der Waals surface area contributed by atoms with Gasteiger partial charge in [0.25, 0.3) is 5.56 Å². The highest BCUT2D eigenvalue weighted by molar-refractivity contribution is 5.92. The van der Waals surface area contributed by atoms with E-state index in [-0.39, 0.29) is 24.6 Å². The SMILES string of the molecule is CCn1c(=O)c2ccccc2n(CC(=O)Nc2ccc(C)cc2C)c1=O. The maximum Gasteiger partial charge on any atom is 0.331 e. The highest BCUT2D eigenvalue weighted by Gasteiger charge is 2.14. The molecular weight excluding hydrogens is 330 g/mol. The van der Waals surface area contributed by atoms with Gasteiger partial charge in [-0.1, -0.05) is 29.8 Å². The number of carbonyl (C=O) groups is 1. The molecule has 0 aliphatic carbocycles. The van der Waals surface area contributed by atoms with Crippen molar-refractivity contribution in [2.45, 2.75) is 33.9 Å². The summed E-state index contributed by atoms with van der Waals surface area (Å²) >= 11 is 0. The van der Waals surface area contributed by atoms with Crippen LogP contribution >= 0.6 is 0 Å². The zero-order valence-corrected chi connectivity index (χ0v) is 15.1. The molecule has 2 aromatic carbocycles. The van der Waals surface area contributed by atoms with Gasteiger partial charge >= 0.3 is 5.69 Å². The number of aromatic nitrogens is 2. The Balaban J connectivity index is 2.02. The first-order valence-electron chi connectivity index (χ1n) is 8.52. The van der Waals surface area contributed by atoms with Gasteiger partial charge in [-0.05, 0) is 44.5 Å². The highest BCUT2D eigenvalue weighted by Crippen LogP contribution is 2.16. The number of amides is 1. The number of hydrogen-bond donors (Lipinski definition) is 1. The van der Waals surface area contributed by atoms with Gasteiger partial charge in [0.2, 0.25) is 5.91 Å². The van der Waals surface area contributed by atoms with E-state index in [9.17, 15) is 14.4 Å². The van der Waals surface area contributed by atoms with E-state index in [1.165, 1.54) is 4.57 Å². The van der Waals surface area contributed by atoms with E-state index in [2.05, 4.69) is 5.32 Å². The Morgan fingerprint density at radius 2 is 1.77 bits per heavy atom. The third-order valence-electron chi connectivity index (χ3n) is 4.41. The standard InChI is InChI=1S/C20H21N3O3/c1-4-22-19(25)15-7-5-6-8-17(15)23(20(22)26)12-18(24)21-16-10-9-13(2)11-14(16)3/h5-11H,4,12H2,1-3H3,(H,21,24). The van der Waals surface area contributed by atoms with Crippen LogP contribution in [0.25, 0.3) is 10.9 Å². The molecule has 134 valence electrons. The van der Waals surface area contributed by atoms with Crippen LogP contribution in [0.2, 0.25) is 0 Å². The molecule has 0 atom stereocenters. The lowest BCUT2D eigenvalue weighted by Crippen LogP contribution is -2.41. The van der Waals surface area contributed by atoms with Gasteiger partial charge < -0.3 is 5.32 Å². The molecule has 3 aromatic rings. The summed E-state index contributed by atoms with van der Waals surface area (Å²) in [6.07, 6.45) is 0. The molecule has 0 spiro atoms. The molecule has 0 unspecified atom stereocenters. The Morgan fingerprint density at radius 1 is 1.04 bits per heavy atom. The Kier molecular flexibility index (Phi) is 4.75. The minimum absolute atomic E-state index is 0.160. The first-order valence-corrected chi connectivity index (χ1v) is 8.52. The zero-order chi connectivity index (χ0) is 18.8. The number of carbonyl (C=O) groups excluding carboxylic acids is 1. The van der Waals surface area contributed by atoms with Gasteiger partial charge in [0.1, 0.15) is 6.54 Å². The molecule has 3 rings (SSSR count). The molecule has 6 nitrogen and oxygen atoms in total. The number of benzene rings is 2. The van der Waals surface area contributed by atoms with Crippen molar-refractivity contribution in [1.82, 2.24) is 9.13 Å². The smallest absolute Gasteiger partial charge is 0.324 e. The predicted octanol–water partition coefficient (Wildman–Crippen LogP) is 2.44. The van der Waals surface area contributed by atoms with Crippen LogP contribution in [0.1, 0.15) is 18.1 Å². The number of aryl methyl sites for hydroxylation is 2. The van der Waals surface area contributed by atoms with Gasteiger partial charge in [0, 0.05) is 12.2 Å². The van der Waals surface area contributed by atoms with Crippen molar-refractivity contribution in [2.24, 2.45) is 0 Å². The van der Waals surface area contributed by atoms with E-state index < -0.39 is 5.69 Å². The lowest BCUT2D eigenvalue weighted by atomic mass is 10.1. The van der Waals surface area contributed by atoms with Crippen molar-refractivity contribution >= 4 is 22.5 Å². The second kappa shape index (κ2) is 7.00. The molecule has 0 fully saturated rings. The molecule has 1 amide bonds. The average Bonchev–Trinajstić information content (AvgIpc) is 2.61. The molecule has 0 radical (unpaired) electrons. The number of para-hydroxylation sites is 1. The first-order chi connectivity index (χ1) is 12.4. The van der Waals surface area contributed by atoms with Gasteiger partial charge in [0.05, 0.1) is 10.9 Å². The molecule has 0 saturated heterocycles. The third-order valence-corrected chi connectivity index (χ3v) is 4.41. The van der Waals surface area contributed by atoms with Crippen LogP contribution in [0.3, 0.4) is 0 Å². The molecule has 0 aliphatic rings. The van der Waals surface area contributed by atoms with Crippen LogP contribution in [-0.4, -0.2) is 15.0 Å². The van der Waals surface area contributed by atoms with E-state index in [0.29, 0.717) is 16.6 Å². The van der Waals surface area contributed by atoms with E-state index in [1.54, 1.807) is 31.2 Å². The maximum atomic E-state index is 12.7. The summed E-state index contributed by atoms with van der Waals surface area (Å²) in [5.41, 5.74) is 2.42. The van der Waals surface area contributed by atoms with Gasteiger partial charge in [-0.15, -0.1) is 0 Å². The van der Waals surface area contributed by atoms with Crippen molar-refractivity contribution < 1.29 is 4.79 Å². The number of anilines is 1. The lowest BCUT2D eigenvalue weighted by molar-refractivity contribution is -0.116. The second-order valence-corrected chi connectivity index (χ2v) is 6.30. The zero-order valence-electron chi connectivity index (χ0n) is 15.1. The number of hydrogen-bond acceptors (Lipinski definition) is 3. The Morgan fingerprint density at radius 3 is 2.46 bits per heavy atom. The third kappa shape index (κ3) is 3.18. The van der Waals surface area contributed by atoms with E-state index in [0.717, 1.165) is 15.7 Å². The minimum Gasteiger partial charge on any atom is -0.324 e. The normalized spacial score (nSPS) is 10.9. The molecule has 0 aliphatic heterocycles. The maximum absolute atomic E-state index is 12.7. The number of rotatable bonds is 4. The molecular formula is C20H21N3O3. The Labute approximate surface area is 150 Å². The van der Waals surface area contributed by atoms with Gasteiger partial charge in [-0.2, -0.15) is 0 Å². The summed E-state index contributed by atoms with van der Waals surface area (Å²) in [5, 5.41) is 3.27. The molecule has 1 aromatic heterocycles. The predicted molar refractivity (Wildman–Crippen MR) is 103 cm³/mol. The lowest BCUT2D eigenvalue weighted by Gasteiger charge is -2.14. The fraction of sp³-hybridized carbons (Fsp3) is 0.250. The van der Waals surface area contributed by atoms with Crippen LogP contribution < -0.4 is 16.6 Å². The van der Waals surface area contributed by atoms with Crippen molar-refractivity contribution in [3.8, 4) is 0 Å². The Hall–Kier alpha value is -3.15. The summed E-state index contributed by atoms with van der Waals surface area (Å²) in [5.74, 6) is -0.314. The van der Waals surface area contributed by atoms with Gasteiger partial charge in [-0.25, -0.2) is 4.79 Å². The van der Waals surface area contributed by atoms with E-state index in [4.69, 9.17) is 0 Å². The highest BCUT2D eigenvalue weighted by atomic mass is 16.2. The van der Waals surface area contributed by atoms with Crippen LogP contribution in [0.15, 0.2) is 52.1 Å². The van der Waals surface area contributed by atoms with Crippen molar-refractivity contribution in [3.63, 3.8) is 0 Å². The fourth-order valence-electron chi connectivity index (χ4n) is 3.09. The van der Waals surface area contributed by atoms with Crippen molar-refractivity contribution in [2.75, 3.05) is 5.32 Å². The van der Waals surface area contributed by atoms with E-state index >= 15 is 0 Å². The molecule has 0 saturated carbocycles. The van der Waals surface area contributed by atoms with Crippen LogP contribution in [0.5, 0.6) is 0 Å². The van der Waals surface area contributed by atoms with Crippen LogP contribution in [-0.2, 0) is 17.9 Å². The Bertz CT molecular complexity index is 1110. The largest absolute Gasteiger partial charge is 0.331 e. The van der Waals surface area contributed by atoms with E-state index in [1.807, 2.05) is 32.0 Å². The first kappa shape index (κ1) is 17.7. The molecule has 26 heavy (non-hydrogen) atoms. The molecule has 1 N–H and O–H groups in total. The van der Waals surface area contributed by atoms with Crippen molar-refractivity contribution in [1.29, 1.82) is 0 Å². The summed E-state index contributed by atoms with van der Waals surface area (Å²) in [4.78, 5) is 37.7. The number of fused-ring (bicyclic) bond motifs is 1. The summed E-state index contributed by atoms with van der Waals surface area (Å²) in [6, 6.07) is 12.6. The molecule has 1 heterocycles. The average molecular weight is 351 g/mol. The van der Waals surface area contributed by atoms with Gasteiger partial charge in [0.15, 0.2) is 0 Å². The summed E-state index contributed by atoms with van der Waals surface area (Å²) in [6.45, 7) is 5.73. The molecule has 0 bridgehead atoms. The van der Waals surface area contributed by atoms with Crippen LogP contribution in [0.4, 0.5) is 5.69 Å². The monoisotopic (exact) mass is 351 g/mol. The van der Waals surface area contributed by atoms with Gasteiger partial charge in [-0.3, -0.25) is 18.7 Å². The number of nitrogens with zero attached hydrogens (tertiary/aromatic N) is 2. The quantitative estimate of drug-likeness (QED) is 0.785. The molecule has 6 heteroatoms. The number of nitrogens with one attached hydrogen (secondary N) is 1. The summed E-state index contributed by atoms with van der Waals surface area (Å²) < 4.78 is 2.49. The fourth-order valence-corrected chi connectivity index (χ4v) is 3.09. The summed E-state index contributed by atoms with van der Waals surface area (Å²) in [7, 11) is 0.